The zero-order chi connectivity index (χ0) is 28.9. The molecular weight excluding hydrogens is 622 g/mol. The molecule has 8 N–H and O–H groups in total. The Morgan fingerprint density at radius 1 is 1.07 bits per heavy atom. The summed E-state index contributed by atoms with van der Waals surface area (Å²) >= 11 is 0. The van der Waals surface area contributed by atoms with Gasteiger partial charge in [-0.05, 0) is 0 Å². The van der Waals surface area contributed by atoms with Crippen LogP contribution in [-0.4, -0.2) is 101 Å². The number of aromatic amines is 1. The first kappa shape index (κ1) is 36.9. The average molecular weight is 643 g/mol. The Balaban J connectivity index is 0.00000294. The van der Waals surface area contributed by atoms with Crippen molar-refractivity contribution in [2.75, 3.05) is 12.3 Å². The number of nitrogen functional groups attached to an aromatic ring is 1. The SMILES string of the molecule is C#CC1OC(OP(=O)([O-])OP(=O)([O-])OCC2OC(n3cnc4c(=O)[nH]c(N)nc43)C(O)C2O)C(O)C(O)C1O.[Na+].[Na+]. The van der Waals surface area contributed by atoms with Gasteiger partial charge in [0.15, 0.2) is 23.7 Å². The summed E-state index contributed by atoms with van der Waals surface area (Å²) in [5.74, 6) is 1.58. The van der Waals surface area contributed by atoms with Crippen LogP contribution >= 0.6 is 15.6 Å². The summed E-state index contributed by atoms with van der Waals surface area (Å²) in [6, 6.07) is 0. The first-order valence-corrected chi connectivity index (χ1v) is 13.6. The first-order chi connectivity index (χ1) is 18.1. The third kappa shape index (κ3) is 8.05. The molecule has 20 nitrogen and oxygen atoms in total. The maximum Gasteiger partial charge on any atom is 1.00 e. The predicted molar refractivity (Wildman–Crippen MR) is 117 cm³/mol. The Kier molecular flexibility index (Phi) is 12.8. The van der Waals surface area contributed by atoms with Crippen molar-refractivity contribution >= 4 is 32.8 Å². The molecule has 0 spiro atoms. The molecule has 0 aromatic carbocycles. The fourth-order valence-corrected chi connectivity index (χ4v) is 5.84. The summed E-state index contributed by atoms with van der Waals surface area (Å²) < 4.78 is 48.2. The Bertz CT molecular complexity index is 1420. The van der Waals surface area contributed by atoms with Gasteiger partial charge in [-0.2, -0.15) is 4.98 Å². The van der Waals surface area contributed by atoms with Crippen LogP contribution in [0.2, 0.25) is 0 Å². The molecule has 0 aliphatic carbocycles. The van der Waals surface area contributed by atoms with Crippen molar-refractivity contribution in [3.63, 3.8) is 0 Å². The van der Waals surface area contributed by atoms with Gasteiger partial charge < -0.3 is 55.1 Å². The van der Waals surface area contributed by atoms with Gasteiger partial charge in [0.2, 0.25) is 5.95 Å². The Labute approximate surface area is 273 Å². The minimum atomic E-state index is -5.90. The number of phosphoric acid groups is 2. The molecule has 0 amide bonds. The molecule has 2 saturated heterocycles. The standard InChI is InChI=1S/C17H23N5O15P2.2Na/c1-2-5-8(23)10(25)12(27)16(35-5)36-39(31,32)37-38(29,30)33-3-6-9(24)11(26)15(34-6)22-4-19-7-13(22)20-17(18)21-14(7)28;;/h1,4-6,8-12,15-16,23-27H,3H2,(H,29,30)(H,31,32)(H3,18,20,21,28);;/q;2*+1/p-2. The number of nitrogens with one attached hydrogen (secondary N) is 1. The van der Waals surface area contributed by atoms with E-state index in [1.807, 2.05) is 5.92 Å². The number of hydrogen-bond acceptors (Lipinski definition) is 18. The molecule has 4 rings (SSSR count). The number of H-pyrrole nitrogens is 1. The van der Waals surface area contributed by atoms with Crippen LogP contribution in [-0.2, 0) is 32.0 Å². The first-order valence-electron chi connectivity index (χ1n) is 10.7. The van der Waals surface area contributed by atoms with Gasteiger partial charge in [0.1, 0.15) is 42.7 Å². The quantitative estimate of drug-likeness (QED) is 0.0797. The molecule has 0 bridgehead atoms. The summed E-state index contributed by atoms with van der Waals surface area (Å²) in [6.07, 6.45) is -10.3. The Morgan fingerprint density at radius 2 is 1.73 bits per heavy atom. The summed E-state index contributed by atoms with van der Waals surface area (Å²) in [4.78, 5) is 46.1. The van der Waals surface area contributed by atoms with Crippen LogP contribution in [0.4, 0.5) is 5.95 Å². The van der Waals surface area contributed by atoms with Crippen LogP contribution in [0.5, 0.6) is 0 Å². The van der Waals surface area contributed by atoms with E-state index in [-0.39, 0.29) is 76.2 Å². The number of imidazole rings is 1. The molecule has 2 fully saturated rings. The fourth-order valence-electron chi connectivity index (χ4n) is 3.76. The second kappa shape index (κ2) is 14.2. The molecule has 41 heavy (non-hydrogen) atoms. The van der Waals surface area contributed by atoms with Gasteiger partial charge in [0, 0.05) is 0 Å². The number of aliphatic hydroxyl groups is 5. The number of anilines is 1. The van der Waals surface area contributed by atoms with E-state index in [2.05, 4.69) is 28.3 Å². The maximum absolute atomic E-state index is 12.1. The number of nitrogens with zero attached hydrogens (tertiary/aromatic N) is 3. The van der Waals surface area contributed by atoms with Gasteiger partial charge in [-0.1, -0.05) is 5.92 Å². The van der Waals surface area contributed by atoms with Crippen molar-refractivity contribution in [2.45, 2.75) is 55.2 Å². The van der Waals surface area contributed by atoms with E-state index in [0.29, 0.717) is 0 Å². The van der Waals surface area contributed by atoms with E-state index < -0.39 is 83.1 Å². The number of terminal acetylenes is 1. The fraction of sp³-hybridized carbons (Fsp3) is 0.588. The zero-order valence-electron chi connectivity index (χ0n) is 21.2. The smallest absolute Gasteiger partial charge is 0.756 e. The third-order valence-corrected chi connectivity index (χ3v) is 8.16. The van der Waals surface area contributed by atoms with Crippen LogP contribution in [0.3, 0.4) is 0 Å². The molecule has 2 aromatic heterocycles. The Morgan fingerprint density at radius 3 is 2.37 bits per heavy atom. The van der Waals surface area contributed by atoms with E-state index in [1.165, 1.54) is 0 Å². The molecule has 11 unspecified atom stereocenters. The third-order valence-electron chi connectivity index (χ3n) is 5.63. The second-order valence-corrected chi connectivity index (χ2v) is 11.2. The molecule has 2 aliphatic rings. The number of aromatic nitrogens is 4. The largest absolute Gasteiger partial charge is 1.00 e. The summed E-state index contributed by atoms with van der Waals surface area (Å²) in [5.41, 5.74) is 4.49. The van der Waals surface area contributed by atoms with Crippen LogP contribution < -0.4 is 80.2 Å². The van der Waals surface area contributed by atoms with E-state index in [0.717, 1.165) is 10.9 Å². The van der Waals surface area contributed by atoms with Crippen molar-refractivity contribution in [2.24, 2.45) is 0 Å². The number of hydrogen-bond donors (Lipinski definition) is 7. The van der Waals surface area contributed by atoms with Crippen LogP contribution in [0.1, 0.15) is 6.23 Å². The van der Waals surface area contributed by atoms with Crippen molar-refractivity contribution in [3.8, 4) is 12.3 Å². The molecule has 11 atom stereocenters. The monoisotopic (exact) mass is 643 g/mol. The normalized spacial score (nSPS) is 34.5. The van der Waals surface area contributed by atoms with Crippen LogP contribution in [0, 0.1) is 12.3 Å². The van der Waals surface area contributed by atoms with E-state index in [1.54, 1.807) is 0 Å². The molecule has 216 valence electrons. The predicted octanol–water partition coefficient (Wildman–Crippen LogP) is -11.2. The van der Waals surface area contributed by atoms with Crippen molar-refractivity contribution in [3.05, 3.63) is 16.7 Å². The summed E-state index contributed by atoms with van der Waals surface area (Å²) in [5, 5.41) is 50.0. The molecular formula is C17H21N5Na2O15P2. The zero-order valence-corrected chi connectivity index (χ0v) is 27.0. The molecule has 0 saturated carbocycles. The van der Waals surface area contributed by atoms with Gasteiger partial charge in [-0.25, -0.2) is 9.29 Å². The van der Waals surface area contributed by atoms with Gasteiger partial charge in [0.05, 0.1) is 12.9 Å². The summed E-state index contributed by atoms with van der Waals surface area (Å²) in [7, 11) is -11.7. The number of phosphoric ester groups is 2. The molecule has 24 heteroatoms. The van der Waals surface area contributed by atoms with Gasteiger partial charge in [0.25, 0.3) is 21.2 Å². The van der Waals surface area contributed by atoms with Gasteiger partial charge in [-0.15, -0.1) is 6.42 Å². The van der Waals surface area contributed by atoms with Crippen molar-refractivity contribution in [1.82, 2.24) is 19.5 Å². The Hall–Kier alpha value is -0.310. The molecule has 4 heterocycles. The van der Waals surface area contributed by atoms with Gasteiger partial charge >= 0.3 is 59.1 Å². The number of aliphatic hydroxyl groups excluding tert-OH is 5. The minimum absolute atomic E-state index is 0. The van der Waals surface area contributed by atoms with Gasteiger partial charge in [-0.3, -0.25) is 28.0 Å². The van der Waals surface area contributed by atoms with E-state index in [9.17, 15) is 49.2 Å². The number of fused-ring (bicyclic) bond motifs is 1. The summed E-state index contributed by atoms with van der Waals surface area (Å²) in [6.45, 7) is -1.08. The van der Waals surface area contributed by atoms with Crippen molar-refractivity contribution < 1.29 is 126 Å². The van der Waals surface area contributed by atoms with E-state index in [4.69, 9.17) is 21.6 Å². The molecule has 2 aliphatic heterocycles. The molecule has 0 radical (unpaired) electrons. The minimum Gasteiger partial charge on any atom is -0.756 e. The van der Waals surface area contributed by atoms with Crippen molar-refractivity contribution in [1.29, 1.82) is 0 Å². The average Bonchev–Trinajstić information content (AvgIpc) is 3.38. The van der Waals surface area contributed by atoms with E-state index >= 15 is 0 Å². The maximum atomic E-state index is 12.1. The number of rotatable bonds is 8. The topological polar surface area (TPSA) is 317 Å². The number of ether oxygens (including phenoxy) is 2. The number of nitrogens with two attached hydrogens (primary N) is 1. The molecule has 2 aromatic rings. The second-order valence-electron chi connectivity index (χ2n) is 8.26. The van der Waals surface area contributed by atoms with Crippen LogP contribution in [0.15, 0.2) is 11.1 Å². The van der Waals surface area contributed by atoms with Crippen LogP contribution in [0.25, 0.3) is 11.2 Å².